The molecule has 0 saturated heterocycles. The molecule has 1 atom stereocenters. The van der Waals surface area contributed by atoms with Crippen LogP contribution >= 0.6 is 0 Å². The Kier molecular flexibility index (Phi) is 8.07. The highest BCUT2D eigenvalue weighted by atomic mass is 16.5. The fraction of sp³-hybridized carbons (Fsp3) is 0.269. The van der Waals surface area contributed by atoms with Crippen LogP contribution in [0.1, 0.15) is 29.7 Å². The van der Waals surface area contributed by atoms with Gasteiger partial charge in [0.15, 0.2) is 11.5 Å². The van der Waals surface area contributed by atoms with Crippen LogP contribution in [0.15, 0.2) is 78.9 Å². The van der Waals surface area contributed by atoms with E-state index < -0.39 is 0 Å². The van der Waals surface area contributed by atoms with Gasteiger partial charge in [-0.3, -0.25) is 9.69 Å². The summed E-state index contributed by atoms with van der Waals surface area (Å²) in [7, 11) is 3.57. The van der Waals surface area contributed by atoms with Crippen molar-refractivity contribution < 1.29 is 14.3 Å². The Morgan fingerprint density at radius 3 is 2.29 bits per heavy atom. The first-order chi connectivity index (χ1) is 15.0. The maximum absolute atomic E-state index is 12.4. The second kappa shape index (κ2) is 11.2. The number of carbonyl (C=O) groups is 1. The fourth-order valence-electron chi connectivity index (χ4n) is 3.39. The summed E-state index contributed by atoms with van der Waals surface area (Å²) in [4.78, 5) is 14.4. The molecule has 5 nitrogen and oxygen atoms in total. The number of nitrogens with zero attached hydrogens (tertiary/aromatic N) is 1. The number of hydrogen-bond donors (Lipinski definition) is 1. The van der Waals surface area contributed by atoms with Crippen molar-refractivity contribution in [2.45, 2.75) is 26.1 Å². The maximum Gasteiger partial charge on any atom is 0.234 e. The van der Waals surface area contributed by atoms with Gasteiger partial charge in [0, 0.05) is 6.54 Å². The Morgan fingerprint density at radius 2 is 1.61 bits per heavy atom. The van der Waals surface area contributed by atoms with Crippen molar-refractivity contribution in [2.75, 3.05) is 20.7 Å². The minimum absolute atomic E-state index is 0.00590. The molecular weight excluding hydrogens is 388 g/mol. The van der Waals surface area contributed by atoms with Gasteiger partial charge in [0.25, 0.3) is 0 Å². The number of methoxy groups -OCH3 is 1. The SMILES string of the molecule is COc1cc(CN(C)CC(=O)N[C@H](C)c2ccccc2)ccc1OCc1ccccc1. The van der Waals surface area contributed by atoms with Crippen LogP contribution in [0.5, 0.6) is 11.5 Å². The van der Waals surface area contributed by atoms with E-state index in [0.717, 1.165) is 16.7 Å². The predicted molar refractivity (Wildman–Crippen MR) is 123 cm³/mol. The lowest BCUT2D eigenvalue weighted by Crippen LogP contribution is -2.36. The molecule has 1 N–H and O–H groups in total. The van der Waals surface area contributed by atoms with Crippen molar-refractivity contribution in [1.29, 1.82) is 0 Å². The third-order valence-corrected chi connectivity index (χ3v) is 5.01. The molecule has 0 spiro atoms. The van der Waals surface area contributed by atoms with Gasteiger partial charge in [0.2, 0.25) is 5.91 Å². The number of nitrogens with one attached hydrogen (secondary N) is 1. The highest BCUT2D eigenvalue weighted by Gasteiger charge is 2.13. The first-order valence-corrected chi connectivity index (χ1v) is 10.4. The van der Waals surface area contributed by atoms with Crippen LogP contribution in [0.2, 0.25) is 0 Å². The highest BCUT2D eigenvalue weighted by Crippen LogP contribution is 2.29. The standard InChI is InChI=1S/C26H30N2O3/c1-20(23-12-8-5-9-13-23)27-26(29)18-28(2)17-22-14-15-24(25(16-22)30-3)31-19-21-10-6-4-7-11-21/h4-16,20H,17-19H2,1-3H3,(H,27,29)/t20-/m1/s1. The summed E-state index contributed by atoms with van der Waals surface area (Å²) in [6, 6.07) is 25.8. The van der Waals surface area contributed by atoms with E-state index in [0.29, 0.717) is 31.2 Å². The van der Waals surface area contributed by atoms with Gasteiger partial charge < -0.3 is 14.8 Å². The number of hydrogen-bond acceptors (Lipinski definition) is 4. The molecule has 0 saturated carbocycles. The number of likely N-dealkylation sites (N-methyl/N-ethyl adjacent to an activating group) is 1. The highest BCUT2D eigenvalue weighted by molar-refractivity contribution is 5.78. The van der Waals surface area contributed by atoms with E-state index in [1.807, 2.05) is 97.7 Å². The molecular formula is C26H30N2O3. The van der Waals surface area contributed by atoms with Crippen molar-refractivity contribution in [3.8, 4) is 11.5 Å². The molecule has 5 heteroatoms. The molecule has 3 aromatic rings. The molecule has 1 amide bonds. The van der Waals surface area contributed by atoms with Crippen molar-refractivity contribution in [1.82, 2.24) is 10.2 Å². The Balaban J connectivity index is 1.53. The van der Waals surface area contributed by atoms with Crippen LogP contribution in [0.4, 0.5) is 0 Å². The first-order valence-electron chi connectivity index (χ1n) is 10.4. The van der Waals surface area contributed by atoms with E-state index in [-0.39, 0.29) is 11.9 Å². The second-order valence-electron chi connectivity index (χ2n) is 7.63. The second-order valence-corrected chi connectivity index (χ2v) is 7.63. The molecule has 0 bridgehead atoms. The van der Waals surface area contributed by atoms with Crippen molar-refractivity contribution >= 4 is 5.91 Å². The van der Waals surface area contributed by atoms with Gasteiger partial charge in [-0.25, -0.2) is 0 Å². The molecule has 3 aromatic carbocycles. The third kappa shape index (κ3) is 6.86. The number of ether oxygens (including phenoxy) is 2. The average Bonchev–Trinajstić information content (AvgIpc) is 2.79. The van der Waals surface area contributed by atoms with E-state index in [9.17, 15) is 4.79 Å². The summed E-state index contributed by atoms with van der Waals surface area (Å²) in [5.74, 6) is 1.38. The number of benzene rings is 3. The largest absolute Gasteiger partial charge is 0.493 e. The first kappa shape index (κ1) is 22.4. The van der Waals surface area contributed by atoms with E-state index in [4.69, 9.17) is 9.47 Å². The average molecular weight is 419 g/mol. The molecule has 0 aromatic heterocycles. The van der Waals surface area contributed by atoms with E-state index >= 15 is 0 Å². The summed E-state index contributed by atoms with van der Waals surface area (Å²) in [5.41, 5.74) is 3.24. The van der Waals surface area contributed by atoms with Gasteiger partial charge in [-0.2, -0.15) is 0 Å². The van der Waals surface area contributed by atoms with E-state index in [2.05, 4.69) is 5.32 Å². The minimum Gasteiger partial charge on any atom is -0.493 e. The third-order valence-electron chi connectivity index (χ3n) is 5.01. The van der Waals surface area contributed by atoms with E-state index in [1.54, 1.807) is 7.11 Å². The molecule has 0 heterocycles. The normalized spacial score (nSPS) is 11.7. The Hall–Kier alpha value is -3.31. The van der Waals surface area contributed by atoms with Gasteiger partial charge in [-0.15, -0.1) is 0 Å². The monoisotopic (exact) mass is 418 g/mol. The van der Waals surface area contributed by atoms with Crippen LogP contribution in [-0.4, -0.2) is 31.5 Å². The van der Waals surface area contributed by atoms with Crippen molar-refractivity contribution in [3.63, 3.8) is 0 Å². The van der Waals surface area contributed by atoms with Gasteiger partial charge in [-0.05, 0) is 42.8 Å². The minimum atomic E-state index is -0.0248. The van der Waals surface area contributed by atoms with Crippen LogP contribution in [0.25, 0.3) is 0 Å². The summed E-state index contributed by atoms with van der Waals surface area (Å²) in [6.07, 6.45) is 0. The molecule has 0 aliphatic rings. The molecule has 3 rings (SSSR count). The summed E-state index contributed by atoms with van der Waals surface area (Å²) in [5, 5.41) is 3.05. The van der Waals surface area contributed by atoms with Crippen LogP contribution in [-0.2, 0) is 17.9 Å². The van der Waals surface area contributed by atoms with Crippen LogP contribution < -0.4 is 14.8 Å². The molecule has 162 valence electrons. The van der Waals surface area contributed by atoms with Crippen LogP contribution in [0.3, 0.4) is 0 Å². The summed E-state index contributed by atoms with van der Waals surface area (Å²) < 4.78 is 11.4. The molecule has 0 unspecified atom stereocenters. The lowest BCUT2D eigenvalue weighted by atomic mass is 10.1. The molecule has 0 aliphatic carbocycles. The van der Waals surface area contributed by atoms with Crippen molar-refractivity contribution in [2.24, 2.45) is 0 Å². The number of rotatable bonds is 10. The van der Waals surface area contributed by atoms with Gasteiger partial charge >= 0.3 is 0 Å². The van der Waals surface area contributed by atoms with Crippen LogP contribution in [0, 0.1) is 0 Å². The Morgan fingerprint density at radius 1 is 0.935 bits per heavy atom. The van der Waals surface area contributed by atoms with Gasteiger partial charge in [-0.1, -0.05) is 66.7 Å². The zero-order valence-corrected chi connectivity index (χ0v) is 18.4. The maximum atomic E-state index is 12.4. The summed E-state index contributed by atoms with van der Waals surface area (Å²) >= 11 is 0. The fourth-order valence-corrected chi connectivity index (χ4v) is 3.39. The molecule has 0 fully saturated rings. The van der Waals surface area contributed by atoms with Crippen molar-refractivity contribution in [3.05, 3.63) is 95.6 Å². The Labute approximate surface area is 184 Å². The lowest BCUT2D eigenvalue weighted by Gasteiger charge is -2.20. The molecule has 0 aliphatic heterocycles. The molecule has 31 heavy (non-hydrogen) atoms. The topological polar surface area (TPSA) is 50.8 Å². The van der Waals surface area contributed by atoms with Gasteiger partial charge in [0.1, 0.15) is 6.61 Å². The number of carbonyl (C=O) groups excluding carboxylic acids is 1. The number of amides is 1. The smallest absolute Gasteiger partial charge is 0.234 e. The van der Waals surface area contributed by atoms with Gasteiger partial charge in [0.05, 0.1) is 19.7 Å². The zero-order valence-electron chi connectivity index (χ0n) is 18.4. The molecule has 0 radical (unpaired) electrons. The zero-order chi connectivity index (χ0) is 22.1. The summed E-state index contributed by atoms with van der Waals surface area (Å²) in [6.45, 7) is 3.41. The Bertz CT molecular complexity index is 961. The lowest BCUT2D eigenvalue weighted by molar-refractivity contribution is -0.122. The quantitative estimate of drug-likeness (QED) is 0.523. The van der Waals surface area contributed by atoms with E-state index in [1.165, 1.54) is 0 Å². The predicted octanol–water partition coefficient (Wildman–Crippen LogP) is 4.58.